The van der Waals surface area contributed by atoms with Crippen molar-refractivity contribution in [2.24, 2.45) is 0 Å². The molecule has 0 aliphatic carbocycles. The van der Waals surface area contributed by atoms with Gasteiger partial charge in [0.25, 0.3) is 5.56 Å². The molecule has 0 radical (unpaired) electrons. The zero-order valence-electron chi connectivity index (χ0n) is 12.5. The topological polar surface area (TPSA) is 45.8 Å². The molecule has 1 heterocycles. The molecule has 3 nitrogen and oxygen atoms in total. The van der Waals surface area contributed by atoms with Crippen molar-refractivity contribution in [3.8, 4) is 0 Å². The smallest absolute Gasteiger partial charge is 0.251 e. The van der Waals surface area contributed by atoms with Gasteiger partial charge in [0.15, 0.2) is 5.16 Å². The summed E-state index contributed by atoms with van der Waals surface area (Å²) in [7, 11) is 0. The monoisotopic (exact) mass is 332 g/mol. The number of H-pyrrole nitrogens is 1. The Morgan fingerprint density at radius 3 is 2.64 bits per heavy atom. The van der Waals surface area contributed by atoms with Crippen LogP contribution in [-0.4, -0.2) is 21.5 Å². The van der Waals surface area contributed by atoms with Crippen LogP contribution in [0.25, 0.3) is 4.91 Å². The quantitative estimate of drug-likeness (QED) is 0.419. The number of unbranched alkanes of at least 4 members (excludes halogenated alkanes) is 2. The number of nitrogens with zero attached hydrogens (tertiary/aromatic N) is 1. The highest BCUT2D eigenvalue weighted by Gasteiger charge is 2.00. The Morgan fingerprint density at radius 1 is 1.09 bits per heavy atom. The first-order chi connectivity index (χ1) is 10.8. The van der Waals surface area contributed by atoms with E-state index in [4.69, 9.17) is 0 Å². The zero-order valence-corrected chi connectivity index (χ0v) is 14.1. The Bertz CT molecular complexity index is 640. The molecular weight excluding hydrogens is 312 g/mol. The second-order valence-electron chi connectivity index (χ2n) is 4.79. The number of thioether (sulfide) groups is 2. The van der Waals surface area contributed by atoms with Gasteiger partial charge in [0, 0.05) is 22.9 Å². The molecule has 1 aromatic carbocycles. The minimum Gasteiger partial charge on any atom is -0.301 e. The van der Waals surface area contributed by atoms with E-state index in [9.17, 15) is 4.79 Å². The van der Waals surface area contributed by atoms with Crippen LogP contribution in [-0.2, 0) is 0 Å². The molecule has 0 saturated carbocycles. The van der Waals surface area contributed by atoms with E-state index < -0.39 is 0 Å². The molecule has 1 aromatic heterocycles. The van der Waals surface area contributed by atoms with Gasteiger partial charge in [-0.05, 0) is 24.2 Å². The molecule has 116 valence electrons. The molecule has 0 atom stereocenters. The molecule has 2 rings (SSSR count). The molecule has 0 amide bonds. The highest BCUT2D eigenvalue weighted by atomic mass is 32.2. The van der Waals surface area contributed by atoms with Crippen LogP contribution >= 0.6 is 23.5 Å². The van der Waals surface area contributed by atoms with Crippen LogP contribution in [0.5, 0.6) is 0 Å². The summed E-state index contributed by atoms with van der Waals surface area (Å²) in [5.41, 5.74) is 1.12. The Kier molecular flexibility index (Phi) is 7.33. The molecule has 0 bridgehead atoms. The van der Waals surface area contributed by atoms with E-state index in [0.29, 0.717) is 5.16 Å². The van der Waals surface area contributed by atoms with E-state index in [-0.39, 0.29) is 5.56 Å². The van der Waals surface area contributed by atoms with Crippen molar-refractivity contribution >= 4 is 28.4 Å². The summed E-state index contributed by atoms with van der Waals surface area (Å²) in [6, 6.07) is 11.7. The van der Waals surface area contributed by atoms with Crippen molar-refractivity contribution < 1.29 is 0 Å². The molecule has 0 unspecified atom stereocenters. The van der Waals surface area contributed by atoms with Gasteiger partial charge in [-0.1, -0.05) is 55.1 Å². The zero-order chi connectivity index (χ0) is 15.6. The Hall–Kier alpha value is -1.46. The van der Waals surface area contributed by atoms with Crippen molar-refractivity contribution in [3.05, 3.63) is 65.1 Å². The van der Waals surface area contributed by atoms with Crippen LogP contribution in [0.2, 0.25) is 0 Å². The van der Waals surface area contributed by atoms with Gasteiger partial charge in [0.1, 0.15) is 0 Å². The van der Waals surface area contributed by atoms with E-state index in [1.807, 2.05) is 30.0 Å². The van der Waals surface area contributed by atoms with Crippen molar-refractivity contribution in [2.45, 2.75) is 24.4 Å². The predicted molar refractivity (Wildman–Crippen MR) is 97.4 cm³/mol. The molecule has 2 aromatic rings. The lowest BCUT2D eigenvalue weighted by atomic mass is 10.2. The number of hydrogen-bond donors (Lipinski definition) is 1. The largest absolute Gasteiger partial charge is 0.301 e. The first-order valence-electron chi connectivity index (χ1n) is 7.31. The van der Waals surface area contributed by atoms with E-state index >= 15 is 0 Å². The predicted octanol–water partition coefficient (Wildman–Crippen LogP) is 4.44. The highest BCUT2D eigenvalue weighted by Crippen LogP contribution is 2.26. The van der Waals surface area contributed by atoms with Gasteiger partial charge >= 0.3 is 0 Å². The first-order valence-corrected chi connectivity index (χ1v) is 9.28. The van der Waals surface area contributed by atoms with Gasteiger partial charge < -0.3 is 4.98 Å². The number of aromatic nitrogens is 2. The maximum atomic E-state index is 11.1. The molecule has 0 aliphatic heterocycles. The number of nitrogens with one attached hydrogen (secondary N) is 1. The molecular formula is C17H20N2OS2. The average molecular weight is 332 g/mol. The number of hydrogen-bond acceptors (Lipinski definition) is 4. The number of aromatic amines is 1. The maximum absolute atomic E-state index is 11.1. The summed E-state index contributed by atoms with van der Waals surface area (Å²) in [6.45, 7) is 4.12. The second-order valence-corrected chi connectivity index (χ2v) is 7.06. The van der Waals surface area contributed by atoms with Crippen molar-refractivity contribution in [3.63, 3.8) is 0 Å². The van der Waals surface area contributed by atoms with Gasteiger partial charge in [-0.25, -0.2) is 4.98 Å². The SMILES string of the molecule is C=C(SCCCCCSc1nccc(=O)[nH]1)c1ccccc1. The summed E-state index contributed by atoms with van der Waals surface area (Å²) >= 11 is 3.43. The van der Waals surface area contributed by atoms with Crippen molar-refractivity contribution in [1.82, 2.24) is 9.97 Å². The molecule has 0 fully saturated rings. The highest BCUT2D eigenvalue weighted by molar-refractivity contribution is 8.08. The Morgan fingerprint density at radius 2 is 1.86 bits per heavy atom. The van der Waals surface area contributed by atoms with Crippen LogP contribution in [0.1, 0.15) is 24.8 Å². The third-order valence-electron chi connectivity index (χ3n) is 3.05. The third kappa shape index (κ3) is 6.12. The number of rotatable bonds is 9. The fraction of sp³-hybridized carbons (Fsp3) is 0.294. The summed E-state index contributed by atoms with van der Waals surface area (Å²) in [6.07, 6.45) is 5.03. The standard InChI is InChI=1S/C17H20N2OS2/c1-14(15-8-4-2-5-9-15)21-12-6-3-7-13-22-17-18-11-10-16(20)19-17/h2,4-5,8-11H,1,3,6-7,12-13H2,(H,18,19,20). The van der Waals surface area contributed by atoms with Crippen molar-refractivity contribution in [1.29, 1.82) is 0 Å². The lowest BCUT2D eigenvalue weighted by molar-refractivity contribution is 0.784. The Balaban J connectivity index is 1.54. The van der Waals surface area contributed by atoms with Crippen LogP contribution in [0, 0.1) is 0 Å². The van der Waals surface area contributed by atoms with E-state index in [2.05, 4.69) is 28.7 Å². The fourth-order valence-corrected chi connectivity index (χ4v) is 3.63. The molecule has 1 N–H and O–H groups in total. The Labute approximate surface area is 139 Å². The number of benzene rings is 1. The van der Waals surface area contributed by atoms with Crippen LogP contribution in [0.3, 0.4) is 0 Å². The molecule has 0 aliphatic rings. The van der Waals surface area contributed by atoms with Gasteiger partial charge in [-0.15, -0.1) is 11.8 Å². The summed E-state index contributed by atoms with van der Waals surface area (Å²) < 4.78 is 0. The minimum atomic E-state index is -0.0895. The molecule has 0 saturated heterocycles. The van der Waals surface area contributed by atoms with Gasteiger partial charge in [0.2, 0.25) is 0 Å². The molecule has 5 heteroatoms. The average Bonchev–Trinajstić information content (AvgIpc) is 2.54. The fourth-order valence-electron chi connectivity index (χ4n) is 1.88. The van der Waals surface area contributed by atoms with Crippen molar-refractivity contribution in [2.75, 3.05) is 11.5 Å². The third-order valence-corrected chi connectivity index (χ3v) is 5.10. The van der Waals surface area contributed by atoms with Crippen LogP contribution in [0.15, 0.2) is 59.1 Å². The van der Waals surface area contributed by atoms with E-state index in [1.54, 1.807) is 18.0 Å². The van der Waals surface area contributed by atoms with Crippen LogP contribution in [0.4, 0.5) is 0 Å². The first kappa shape index (κ1) is 16.9. The van der Waals surface area contributed by atoms with Crippen LogP contribution < -0.4 is 5.56 Å². The van der Waals surface area contributed by atoms with Gasteiger partial charge in [-0.3, -0.25) is 4.79 Å². The molecule has 0 spiro atoms. The van der Waals surface area contributed by atoms with Gasteiger partial charge in [0.05, 0.1) is 0 Å². The maximum Gasteiger partial charge on any atom is 0.251 e. The lowest BCUT2D eigenvalue weighted by Crippen LogP contribution is -2.05. The second kappa shape index (κ2) is 9.54. The summed E-state index contributed by atoms with van der Waals surface area (Å²) in [5.74, 6) is 2.08. The normalized spacial score (nSPS) is 10.5. The van der Waals surface area contributed by atoms with E-state index in [1.165, 1.54) is 24.5 Å². The summed E-state index contributed by atoms with van der Waals surface area (Å²) in [5, 5.41) is 0.708. The van der Waals surface area contributed by atoms with Gasteiger partial charge in [-0.2, -0.15) is 0 Å². The summed E-state index contributed by atoms with van der Waals surface area (Å²) in [4.78, 5) is 19.1. The minimum absolute atomic E-state index is 0.0895. The van der Waals surface area contributed by atoms with E-state index in [0.717, 1.165) is 22.8 Å². The molecule has 22 heavy (non-hydrogen) atoms. The lowest BCUT2D eigenvalue weighted by Gasteiger charge is -2.05.